The van der Waals surface area contributed by atoms with Crippen molar-refractivity contribution in [2.75, 3.05) is 19.8 Å². The van der Waals surface area contributed by atoms with E-state index in [-0.39, 0.29) is 25.7 Å². The molecule has 5 N–H and O–H groups in total. The highest BCUT2D eigenvalue weighted by molar-refractivity contribution is 5.82. The Kier molecular flexibility index (Phi) is 8.27. The number of amides is 3. The first-order valence-electron chi connectivity index (χ1n) is 5.96. The van der Waals surface area contributed by atoms with Crippen molar-refractivity contribution in [1.82, 2.24) is 10.6 Å². The molecule has 0 aliphatic rings. The topological polar surface area (TPSA) is 131 Å². The van der Waals surface area contributed by atoms with E-state index in [4.69, 9.17) is 15.6 Å². The number of ether oxygens (including phenoxy) is 1. The molecule has 19 heavy (non-hydrogen) atoms. The zero-order valence-corrected chi connectivity index (χ0v) is 11.1. The Bertz CT molecular complexity index is 319. The lowest BCUT2D eigenvalue weighted by Crippen LogP contribution is -2.47. The lowest BCUT2D eigenvalue weighted by atomic mass is 10.0. The summed E-state index contributed by atoms with van der Waals surface area (Å²) in [6.45, 7) is 3.81. The third-order valence-corrected chi connectivity index (χ3v) is 2.09. The van der Waals surface area contributed by atoms with Crippen LogP contribution in [0.3, 0.4) is 0 Å². The van der Waals surface area contributed by atoms with Crippen molar-refractivity contribution in [3.63, 3.8) is 0 Å². The van der Waals surface area contributed by atoms with Crippen LogP contribution in [0.2, 0.25) is 0 Å². The van der Waals surface area contributed by atoms with Crippen LogP contribution in [0.1, 0.15) is 20.3 Å². The molecule has 0 fully saturated rings. The number of carbonyl (C=O) groups excluding carboxylic acids is 2. The van der Waals surface area contributed by atoms with Crippen LogP contribution in [-0.4, -0.2) is 48.8 Å². The van der Waals surface area contributed by atoms with E-state index in [1.165, 1.54) is 0 Å². The van der Waals surface area contributed by atoms with Gasteiger partial charge in [0.25, 0.3) is 0 Å². The number of primary amides is 1. The monoisotopic (exact) mass is 275 g/mol. The van der Waals surface area contributed by atoms with Crippen LogP contribution in [-0.2, 0) is 14.3 Å². The van der Waals surface area contributed by atoms with Gasteiger partial charge < -0.3 is 26.2 Å². The van der Waals surface area contributed by atoms with Gasteiger partial charge in [0.1, 0.15) is 12.6 Å². The maximum Gasteiger partial charge on any atom is 0.326 e. The minimum absolute atomic E-state index is 0.123. The van der Waals surface area contributed by atoms with E-state index in [0.29, 0.717) is 6.42 Å². The second-order valence-corrected chi connectivity index (χ2v) is 4.44. The van der Waals surface area contributed by atoms with Gasteiger partial charge in [-0.3, -0.25) is 4.79 Å². The van der Waals surface area contributed by atoms with Crippen molar-refractivity contribution in [1.29, 1.82) is 0 Å². The van der Waals surface area contributed by atoms with Crippen molar-refractivity contribution >= 4 is 17.9 Å². The third-order valence-electron chi connectivity index (χ3n) is 2.09. The number of carbonyl (C=O) groups is 3. The van der Waals surface area contributed by atoms with E-state index in [1.54, 1.807) is 0 Å². The molecule has 8 nitrogen and oxygen atoms in total. The maximum atomic E-state index is 11.4. The molecule has 0 radical (unpaired) electrons. The van der Waals surface area contributed by atoms with Gasteiger partial charge in [-0.2, -0.15) is 0 Å². The fourth-order valence-electron chi connectivity index (χ4n) is 1.31. The molecular weight excluding hydrogens is 254 g/mol. The molecule has 0 rings (SSSR count). The summed E-state index contributed by atoms with van der Waals surface area (Å²) in [6.07, 6.45) is 0.348. The molecule has 0 unspecified atom stereocenters. The van der Waals surface area contributed by atoms with Crippen LogP contribution in [0, 0.1) is 5.92 Å². The van der Waals surface area contributed by atoms with Crippen LogP contribution in [0.4, 0.5) is 4.79 Å². The Labute approximate surface area is 111 Å². The molecule has 8 heteroatoms. The molecule has 0 bridgehead atoms. The summed E-state index contributed by atoms with van der Waals surface area (Å²) in [5, 5.41) is 13.7. The second kappa shape index (κ2) is 9.15. The van der Waals surface area contributed by atoms with Crippen LogP contribution in [0.15, 0.2) is 0 Å². The van der Waals surface area contributed by atoms with E-state index in [2.05, 4.69) is 10.6 Å². The van der Waals surface area contributed by atoms with Gasteiger partial charge in [-0.25, -0.2) is 9.59 Å². The summed E-state index contributed by atoms with van der Waals surface area (Å²) in [6, 6.07) is -1.51. The number of hydrogen-bond donors (Lipinski definition) is 4. The largest absolute Gasteiger partial charge is 0.480 e. The van der Waals surface area contributed by atoms with Crippen molar-refractivity contribution in [2.24, 2.45) is 11.7 Å². The fourth-order valence-corrected chi connectivity index (χ4v) is 1.31. The van der Waals surface area contributed by atoms with Crippen LogP contribution in [0.5, 0.6) is 0 Å². The smallest absolute Gasteiger partial charge is 0.326 e. The van der Waals surface area contributed by atoms with Crippen molar-refractivity contribution in [2.45, 2.75) is 26.3 Å². The Morgan fingerprint density at radius 1 is 1.32 bits per heavy atom. The molecule has 0 aromatic carbocycles. The number of nitrogens with two attached hydrogens (primary N) is 1. The van der Waals surface area contributed by atoms with Crippen molar-refractivity contribution in [3.8, 4) is 0 Å². The van der Waals surface area contributed by atoms with E-state index in [0.717, 1.165) is 0 Å². The zero-order chi connectivity index (χ0) is 14.8. The Morgan fingerprint density at radius 2 is 1.95 bits per heavy atom. The molecule has 0 saturated carbocycles. The minimum Gasteiger partial charge on any atom is -0.480 e. The minimum atomic E-state index is -1.08. The first-order valence-corrected chi connectivity index (χ1v) is 5.96. The average molecular weight is 275 g/mol. The lowest BCUT2D eigenvalue weighted by molar-refractivity contribution is -0.139. The summed E-state index contributed by atoms with van der Waals surface area (Å²) in [5.41, 5.74) is 4.85. The molecule has 1 atom stereocenters. The number of hydrogen-bond acceptors (Lipinski definition) is 4. The van der Waals surface area contributed by atoms with Gasteiger partial charge in [0.15, 0.2) is 0 Å². The van der Waals surface area contributed by atoms with Gasteiger partial charge in [0, 0.05) is 6.54 Å². The Morgan fingerprint density at radius 3 is 2.42 bits per heavy atom. The molecule has 110 valence electrons. The first-order chi connectivity index (χ1) is 8.82. The maximum absolute atomic E-state index is 11.4. The molecular formula is C11H21N3O5. The molecule has 0 aromatic rings. The Balaban J connectivity index is 3.87. The van der Waals surface area contributed by atoms with E-state index in [9.17, 15) is 14.4 Å². The number of urea groups is 1. The molecule has 0 aliphatic carbocycles. The van der Waals surface area contributed by atoms with Gasteiger partial charge >= 0.3 is 12.0 Å². The van der Waals surface area contributed by atoms with Crippen LogP contribution >= 0.6 is 0 Å². The highest BCUT2D eigenvalue weighted by Gasteiger charge is 2.20. The molecule has 0 saturated heterocycles. The summed E-state index contributed by atoms with van der Waals surface area (Å²) >= 11 is 0. The Hall–Kier alpha value is -1.83. The second-order valence-electron chi connectivity index (χ2n) is 4.44. The van der Waals surface area contributed by atoms with Gasteiger partial charge in [-0.15, -0.1) is 0 Å². The summed E-state index contributed by atoms with van der Waals surface area (Å²) in [5.74, 6) is -1.51. The molecule has 0 aliphatic heterocycles. The first kappa shape index (κ1) is 17.2. The van der Waals surface area contributed by atoms with E-state index in [1.807, 2.05) is 13.8 Å². The van der Waals surface area contributed by atoms with E-state index < -0.39 is 23.9 Å². The zero-order valence-electron chi connectivity index (χ0n) is 11.1. The van der Waals surface area contributed by atoms with Gasteiger partial charge in [0.2, 0.25) is 5.91 Å². The molecule has 3 amide bonds. The van der Waals surface area contributed by atoms with Gasteiger partial charge in [-0.05, 0) is 12.3 Å². The SMILES string of the molecule is CC(C)C[C@@H](NC(=O)NCCOCC(N)=O)C(=O)O. The third kappa shape index (κ3) is 9.83. The summed E-state index contributed by atoms with van der Waals surface area (Å²) in [7, 11) is 0. The molecule has 0 aromatic heterocycles. The number of rotatable bonds is 9. The van der Waals surface area contributed by atoms with E-state index >= 15 is 0 Å². The predicted octanol–water partition coefficient (Wildman–Crippen LogP) is -0.713. The molecule has 0 spiro atoms. The predicted molar refractivity (Wildman–Crippen MR) is 67.4 cm³/mol. The van der Waals surface area contributed by atoms with Gasteiger partial charge in [0.05, 0.1) is 6.61 Å². The van der Waals surface area contributed by atoms with Crippen molar-refractivity contribution in [3.05, 3.63) is 0 Å². The number of carboxylic acid groups (broad SMARTS) is 1. The van der Waals surface area contributed by atoms with Crippen molar-refractivity contribution < 1.29 is 24.2 Å². The average Bonchev–Trinajstić information content (AvgIpc) is 2.26. The lowest BCUT2D eigenvalue weighted by Gasteiger charge is -2.16. The fraction of sp³-hybridized carbons (Fsp3) is 0.727. The highest BCUT2D eigenvalue weighted by Crippen LogP contribution is 2.04. The quantitative estimate of drug-likeness (QED) is 0.413. The van der Waals surface area contributed by atoms with Crippen LogP contribution < -0.4 is 16.4 Å². The summed E-state index contributed by atoms with van der Waals surface area (Å²) in [4.78, 5) is 32.7. The highest BCUT2D eigenvalue weighted by atomic mass is 16.5. The van der Waals surface area contributed by atoms with Crippen LogP contribution in [0.25, 0.3) is 0 Å². The molecule has 0 heterocycles. The normalized spacial score (nSPS) is 11.9. The number of carboxylic acids is 1. The summed E-state index contributed by atoms with van der Waals surface area (Å²) < 4.78 is 4.83. The van der Waals surface area contributed by atoms with Gasteiger partial charge in [-0.1, -0.05) is 13.8 Å². The standard InChI is InChI=1S/C11H21N3O5/c1-7(2)5-8(10(16)17)14-11(18)13-3-4-19-6-9(12)15/h7-8H,3-6H2,1-2H3,(H2,12,15)(H,16,17)(H2,13,14,18)/t8-/m1/s1. The number of aliphatic carboxylic acids is 1. The number of nitrogens with one attached hydrogen (secondary N) is 2.